The number of nitrogens with one attached hydrogen (secondary N) is 2. The molecule has 6 heterocycles. The fourth-order valence-corrected chi connectivity index (χ4v) is 9.94. The van der Waals surface area contributed by atoms with Crippen molar-refractivity contribution in [1.29, 1.82) is 0 Å². The maximum Gasteiger partial charge on any atom is 0.342 e. The lowest BCUT2D eigenvalue weighted by Crippen LogP contribution is -2.56. The number of hydrazine groups is 1. The van der Waals surface area contributed by atoms with Crippen LogP contribution >= 0.6 is 0 Å². The Morgan fingerprint density at radius 3 is 2.22 bits per heavy atom. The third-order valence-electron chi connectivity index (χ3n) is 13.4. The van der Waals surface area contributed by atoms with E-state index in [4.69, 9.17) is 19.2 Å². The van der Waals surface area contributed by atoms with Crippen molar-refractivity contribution in [2.24, 2.45) is 15.6 Å². The molecular formula is C54H61N13O9. The molecule has 3 aliphatic rings. The lowest BCUT2D eigenvalue weighted by molar-refractivity contribution is -0.143. The monoisotopic (exact) mass is 1040 g/mol. The fourth-order valence-electron chi connectivity index (χ4n) is 9.94. The van der Waals surface area contributed by atoms with Gasteiger partial charge in [0.15, 0.2) is 23.0 Å². The highest BCUT2D eigenvalue weighted by atomic mass is 16.5. The van der Waals surface area contributed by atoms with Gasteiger partial charge in [0.2, 0.25) is 23.5 Å². The molecule has 0 saturated carbocycles. The number of urea groups is 1. The van der Waals surface area contributed by atoms with E-state index >= 15 is 0 Å². The Kier molecular flexibility index (Phi) is 14.1. The predicted molar refractivity (Wildman–Crippen MR) is 283 cm³/mol. The van der Waals surface area contributed by atoms with E-state index in [-0.39, 0.29) is 49.4 Å². The number of benzene rings is 3. The Hall–Kier alpha value is -8.66. The second-order valence-electron chi connectivity index (χ2n) is 20.5. The second-order valence-corrected chi connectivity index (χ2v) is 20.5. The molecule has 0 unspecified atom stereocenters. The molecule has 76 heavy (non-hydrogen) atoms. The maximum absolute atomic E-state index is 14.3. The average Bonchev–Trinajstić information content (AvgIpc) is 3.95. The van der Waals surface area contributed by atoms with Crippen LogP contribution < -0.4 is 35.3 Å². The molecule has 3 aromatic carbocycles. The van der Waals surface area contributed by atoms with E-state index in [1.54, 1.807) is 73.1 Å². The van der Waals surface area contributed by atoms with Crippen molar-refractivity contribution in [2.75, 3.05) is 57.2 Å². The first-order valence-electron chi connectivity index (χ1n) is 24.8. The van der Waals surface area contributed by atoms with Gasteiger partial charge in [0.05, 0.1) is 50.9 Å². The number of rotatable bonds is 17. The van der Waals surface area contributed by atoms with Gasteiger partial charge in [-0.3, -0.25) is 24.5 Å². The van der Waals surface area contributed by atoms with E-state index in [0.29, 0.717) is 94.9 Å². The molecule has 3 N–H and O–H groups in total. The van der Waals surface area contributed by atoms with Crippen LogP contribution in [0.4, 0.5) is 33.5 Å². The van der Waals surface area contributed by atoms with Gasteiger partial charge >= 0.3 is 6.03 Å². The number of nitrogens with zero attached hydrogens (tertiary/aromatic N) is 11. The maximum atomic E-state index is 14.3. The molecule has 0 spiro atoms. The topological polar surface area (TPSA) is 244 Å². The number of piperazine rings is 1. The number of azo groups is 1. The van der Waals surface area contributed by atoms with E-state index in [9.17, 15) is 29.1 Å². The zero-order chi connectivity index (χ0) is 54.3. The number of pyridine rings is 1. The summed E-state index contributed by atoms with van der Waals surface area (Å²) >= 11 is 0. The largest absolute Gasteiger partial charge is 0.493 e. The molecule has 9 rings (SSSR count). The standard InChI is InChI=1S/C54H61N13O9/c1-10-22-64-48(70)37-30-55-50(59-46(37)67(64)43-16-12-15-42(57-43)54(6,7)73)56-33-17-19-35(20-18-33)62-24-26-63(27-25-62)49(71)52(2,3)32-53(4,5)76-45-40(74-8)28-34(29-41(45)75-9)60-61-39-14-11-13-36-38(39)31-66(47(36)69)65-23-21-44(68)58-51(65)72/h10-20,28-30,73H,1,21-27,31-32H2,2-9H3,(H,55,56,59)(H,58,68,72)/b61-60-. The van der Waals surface area contributed by atoms with E-state index < -0.39 is 28.6 Å². The Labute approximate surface area is 438 Å². The average molecular weight is 1040 g/mol. The number of hydrogen-bond donors (Lipinski definition) is 3. The predicted octanol–water partition coefficient (Wildman–Crippen LogP) is 7.30. The van der Waals surface area contributed by atoms with Gasteiger partial charge in [0.1, 0.15) is 16.6 Å². The van der Waals surface area contributed by atoms with Crippen molar-refractivity contribution in [3.8, 4) is 23.1 Å². The third kappa shape index (κ3) is 10.5. The van der Waals surface area contributed by atoms with Crippen LogP contribution in [-0.4, -0.2) is 121 Å². The molecular weight excluding hydrogens is 975 g/mol. The number of imide groups is 1. The smallest absolute Gasteiger partial charge is 0.342 e. The van der Waals surface area contributed by atoms with E-state index in [0.717, 1.165) is 11.4 Å². The van der Waals surface area contributed by atoms with Crippen molar-refractivity contribution in [3.05, 3.63) is 119 Å². The SMILES string of the molecule is C=CCn1c(=O)c2cnc(Nc3ccc(N4CCN(C(=O)C(C)(C)CC(C)(C)Oc5c(OC)cc(/N=N\c6cccc7c6CN(N6CCC(=O)NC6=O)C7=O)cc5OC)CC4)cc3)nc2n1-c1cccc(C(C)(C)O)n1. The molecule has 2 fully saturated rings. The Bertz CT molecular complexity index is 3330. The molecule has 3 aliphatic heterocycles. The summed E-state index contributed by atoms with van der Waals surface area (Å²) in [6, 6.07) is 20.8. The Balaban J connectivity index is 0.820. The second kappa shape index (κ2) is 20.6. The molecule has 6 aromatic rings. The van der Waals surface area contributed by atoms with Crippen LogP contribution in [0, 0.1) is 5.41 Å². The number of carbonyl (C=O) groups excluding carboxylic acids is 4. The van der Waals surface area contributed by atoms with Gasteiger partial charge in [0.25, 0.3) is 11.5 Å². The quantitative estimate of drug-likeness (QED) is 0.0600. The summed E-state index contributed by atoms with van der Waals surface area (Å²) in [5.41, 5.74) is 1.07. The van der Waals surface area contributed by atoms with Crippen LogP contribution in [0.1, 0.15) is 76.0 Å². The first-order valence-corrected chi connectivity index (χ1v) is 24.8. The lowest BCUT2D eigenvalue weighted by atomic mass is 9.80. The van der Waals surface area contributed by atoms with Gasteiger partial charge in [-0.25, -0.2) is 34.1 Å². The molecule has 0 aliphatic carbocycles. The molecule has 396 valence electrons. The molecule has 2 saturated heterocycles. The number of allylic oxidation sites excluding steroid dienone is 1. The molecule has 0 bridgehead atoms. The van der Waals surface area contributed by atoms with Crippen molar-refractivity contribution in [1.82, 2.24) is 44.6 Å². The lowest BCUT2D eigenvalue weighted by Gasteiger charge is -2.41. The Morgan fingerprint density at radius 1 is 0.868 bits per heavy atom. The van der Waals surface area contributed by atoms with Crippen molar-refractivity contribution in [2.45, 2.75) is 78.7 Å². The number of anilines is 3. The number of hydrogen-bond acceptors (Lipinski definition) is 16. The minimum atomic E-state index is -1.21. The van der Waals surface area contributed by atoms with Crippen molar-refractivity contribution < 1.29 is 38.5 Å². The summed E-state index contributed by atoms with van der Waals surface area (Å²) in [7, 11) is 3.01. The molecule has 0 atom stereocenters. The summed E-state index contributed by atoms with van der Waals surface area (Å²) in [5.74, 6) is 0.902. The van der Waals surface area contributed by atoms with Crippen LogP contribution in [-0.2, 0) is 28.3 Å². The van der Waals surface area contributed by atoms with Gasteiger partial charge in [-0.2, -0.15) is 15.2 Å². The number of fused-ring (bicyclic) bond motifs is 2. The minimum absolute atomic E-state index is 0.00697. The number of carbonyl (C=O) groups is 4. The molecule has 22 heteroatoms. The van der Waals surface area contributed by atoms with E-state index in [1.165, 1.54) is 35.1 Å². The van der Waals surface area contributed by atoms with Crippen molar-refractivity contribution in [3.63, 3.8) is 0 Å². The first-order chi connectivity index (χ1) is 36.2. The highest BCUT2D eigenvalue weighted by Gasteiger charge is 2.41. The zero-order valence-electron chi connectivity index (χ0n) is 43.8. The van der Waals surface area contributed by atoms with Crippen LogP contribution in [0.25, 0.3) is 16.9 Å². The van der Waals surface area contributed by atoms with Gasteiger partial charge in [-0.15, -0.1) is 6.58 Å². The van der Waals surface area contributed by atoms with Gasteiger partial charge < -0.3 is 34.4 Å². The van der Waals surface area contributed by atoms with Gasteiger partial charge in [-0.1, -0.05) is 32.1 Å². The van der Waals surface area contributed by atoms with Crippen LogP contribution in [0.2, 0.25) is 0 Å². The summed E-state index contributed by atoms with van der Waals surface area (Å²) in [6.07, 6.45) is 3.54. The fraction of sp³-hybridized carbons (Fsp3) is 0.370. The summed E-state index contributed by atoms with van der Waals surface area (Å²) in [6.45, 7) is 17.4. The molecule has 22 nitrogen and oxygen atoms in total. The summed E-state index contributed by atoms with van der Waals surface area (Å²) in [4.78, 5) is 83.4. The molecule has 5 amide bonds. The molecule has 0 radical (unpaired) electrons. The Morgan fingerprint density at radius 2 is 1.57 bits per heavy atom. The number of ether oxygens (including phenoxy) is 3. The highest BCUT2D eigenvalue weighted by Crippen LogP contribution is 2.45. The highest BCUT2D eigenvalue weighted by molar-refractivity contribution is 6.02. The van der Waals surface area contributed by atoms with Crippen LogP contribution in [0.5, 0.6) is 17.2 Å². The third-order valence-corrected chi connectivity index (χ3v) is 13.4. The number of amides is 5. The van der Waals surface area contributed by atoms with Crippen LogP contribution in [0.15, 0.2) is 107 Å². The summed E-state index contributed by atoms with van der Waals surface area (Å²) < 4.78 is 21.3. The number of aliphatic hydroxyl groups is 1. The number of aromatic nitrogens is 5. The number of methoxy groups -OCH3 is 2. The normalized spacial score (nSPS) is 15.4. The minimum Gasteiger partial charge on any atom is -0.493 e. The first kappa shape index (κ1) is 52.2. The van der Waals surface area contributed by atoms with Crippen LogP contribution in [0.3, 0.4) is 0 Å². The van der Waals surface area contributed by atoms with E-state index in [1.807, 2.05) is 56.9 Å². The van der Waals surface area contributed by atoms with Crippen molar-refractivity contribution >= 4 is 63.5 Å². The molecule has 3 aromatic heterocycles. The zero-order valence-corrected chi connectivity index (χ0v) is 43.8. The summed E-state index contributed by atoms with van der Waals surface area (Å²) in [5, 5.41) is 28.0. The van der Waals surface area contributed by atoms with E-state index in [2.05, 4.69) is 42.3 Å². The van der Waals surface area contributed by atoms with Gasteiger partial charge in [0, 0.05) is 85.3 Å². The van der Waals surface area contributed by atoms with Gasteiger partial charge in [-0.05, 0) is 76.2 Å².